The van der Waals surface area contributed by atoms with Gasteiger partial charge in [-0.25, -0.2) is 14.6 Å². The lowest BCUT2D eigenvalue weighted by Gasteiger charge is -2.38. The number of thiazole rings is 1. The van der Waals surface area contributed by atoms with Gasteiger partial charge in [0.05, 0.1) is 24.4 Å². The topological polar surface area (TPSA) is 104 Å². The highest BCUT2D eigenvalue weighted by Crippen LogP contribution is 2.50. The first-order chi connectivity index (χ1) is 19.2. The molecule has 1 aliphatic heterocycles. The molecular weight excluding hydrogens is 569 g/mol. The Morgan fingerprint density at radius 1 is 1.15 bits per heavy atom. The van der Waals surface area contributed by atoms with Crippen molar-refractivity contribution in [2.24, 2.45) is 5.92 Å². The number of benzene rings is 1. The minimum atomic E-state index is -4.83. The Labute approximate surface area is 235 Å². The van der Waals surface area contributed by atoms with Crippen molar-refractivity contribution >= 4 is 34.1 Å². The van der Waals surface area contributed by atoms with Gasteiger partial charge in [0.25, 0.3) is 0 Å². The van der Waals surface area contributed by atoms with Gasteiger partial charge in [-0.3, -0.25) is 5.43 Å². The molecule has 0 saturated heterocycles. The van der Waals surface area contributed by atoms with Crippen molar-refractivity contribution in [1.82, 2.24) is 14.6 Å². The average molecular weight is 597 g/mol. The fraction of sp³-hybridized carbons (Fsp3) is 0.462. The van der Waals surface area contributed by atoms with Crippen LogP contribution in [-0.4, -0.2) is 45.7 Å². The van der Waals surface area contributed by atoms with Crippen molar-refractivity contribution in [2.75, 3.05) is 19.6 Å². The summed E-state index contributed by atoms with van der Waals surface area (Å²) in [6.07, 6.45) is -0.216. The smallest absolute Gasteiger partial charge is 0.424 e. The van der Waals surface area contributed by atoms with Crippen LogP contribution >= 0.6 is 23.1 Å². The minimum Gasteiger partial charge on any atom is -0.496 e. The number of aromatic nitrogens is 3. The van der Waals surface area contributed by atoms with E-state index in [0.717, 1.165) is 22.9 Å². The summed E-state index contributed by atoms with van der Waals surface area (Å²) in [4.78, 5) is 8.79. The van der Waals surface area contributed by atoms with E-state index in [4.69, 9.17) is 18.6 Å². The van der Waals surface area contributed by atoms with Gasteiger partial charge in [-0.2, -0.15) is 13.2 Å². The first kappa shape index (κ1) is 27.2. The molecule has 2 atom stereocenters. The second kappa shape index (κ2) is 10.5. The molecule has 2 aliphatic rings. The molecule has 3 aromatic heterocycles. The van der Waals surface area contributed by atoms with Crippen LogP contribution in [0.5, 0.6) is 11.5 Å². The molecule has 6 rings (SSSR count). The molecule has 1 fully saturated rings. The number of ether oxygens (including phenoxy) is 3. The number of alkyl halides is 3. The van der Waals surface area contributed by atoms with Gasteiger partial charge in [-0.1, -0.05) is 19.3 Å². The fourth-order valence-corrected chi connectivity index (χ4v) is 7.01. The van der Waals surface area contributed by atoms with Crippen molar-refractivity contribution in [3.8, 4) is 23.0 Å². The van der Waals surface area contributed by atoms with Gasteiger partial charge < -0.3 is 23.7 Å². The van der Waals surface area contributed by atoms with E-state index < -0.39 is 17.7 Å². The second-order valence-corrected chi connectivity index (χ2v) is 11.7. The van der Waals surface area contributed by atoms with Crippen LogP contribution < -0.4 is 14.9 Å². The Morgan fingerprint density at radius 2 is 1.95 bits per heavy atom. The minimum absolute atomic E-state index is 0.102. The zero-order chi connectivity index (χ0) is 28.1. The van der Waals surface area contributed by atoms with E-state index in [2.05, 4.69) is 15.4 Å². The van der Waals surface area contributed by atoms with E-state index in [-0.39, 0.29) is 17.2 Å². The van der Waals surface area contributed by atoms with Crippen LogP contribution in [0.15, 0.2) is 39.3 Å². The van der Waals surface area contributed by atoms with E-state index in [1.807, 2.05) is 0 Å². The quantitative estimate of drug-likeness (QED) is 0.244. The number of imidazole rings is 1. The Balaban J connectivity index is 1.25. The van der Waals surface area contributed by atoms with Crippen molar-refractivity contribution in [1.29, 1.82) is 0 Å². The van der Waals surface area contributed by atoms with E-state index >= 15 is 0 Å². The number of halogens is 3. The fourth-order valence-electron chi connectivity index (χ4n) is 5.19. The summed E-state index contributed by atoms with van der Waals surface area (Å²) in [6.45, 7) is -0.102. The number of fused-ring (bicyclic) bond motifs is 2. The molecule has 1 saturated carbocycles. The first-order valence-electron chi connectivity index (χ1n) is 12.7. The van der Waals surface area contributed by atoms with Gasteiger partial charge in [0.15, 0.2) is 16.5 Å². The molecule has 2 N–H and O–H groups in total. The molecule has 14 heteroatoms. The van der Waals surface area contributed by atoms with Crippen LogP contribution in [0, 0.1) is 5.92 Å². The Bertz CT molecular complexity index is 1490. The standard InChI is InChI=1S/C26H27F3N4O5S2/c1-35-16-8-19(17-10-21(38-20(17)9-16)18-11-33-23(31-18)40-24(32-33)36-2)37-12-15-13-39-22(30-15)25(34,26(27,28)29)14-6-4-3-5-7-14/h8-11,13-14,24,32,34H,3-7,12H2,1-2H3. The van der Waals surface area contributed by atoms with E-state index in [0.29, 0.717) is 65.3 Å². The Kier molecular flexibility index (Phi) is 7.13. The lowest BCUT2D eigenvalue weighted by atomic mass is 9.76. The van der Waals surface area contributed by atoms with Gasteiger partial charge >= 0.3 is 6.18 Å². The number of thioether (sulfide) groups is 1. The molecule has 1 aliphatic carbocycles. The SMILES string of the molecule is COc1cc(OCc2csc(C(O)(C3CCCCC3)C(F)(F)F)n2)c2cc(-c3cn4c(n3)SC(OC)N4)oc2c1. The number of nitrogens with zero attached hydrogens (tertiary/aromatic N) is 3. The Morgan fingerprint density at radius 3 is 2.65 bits per heavy atom. The molecule has 4 aromatic rings. The van der Waals surface area contributed by atoms with E-state index in [9.17, 15) is 18.3 Å². The summed E-state index contributed by atoms with van der Waals surface area (Å²) in [5.74, 6) is 0.487. The third-order valence-electron chi connectivity index (χ3n) is 7.29. The number of hydrogen-bond donors (Lipinski definition) is 2. The lowest BCUT2D eigenvalue weighted by Crippen LogP contribution is -2.49. The van der Waals surface area contributed by atoms with Crippen LogP contribution in [0.2, 0.25) is 0 Å². The maximum Gasteiger partial charge on any atom is 0.424 e. The summed E-state index contributed by atoms with van der Waals surface area (Å²) >= 11 is 2.23. The number of aliphatic hydroxyl groups is 1. The van der Waals surface area contributed by atoms with Crippen LogP contribution in [0.4, 0.5) is 13.2 Å². The highest BCUT2D eigenvalue weighted by molar-refractivity contribution is 7.99. The normalized spacial score (nSPS) is 19.4. The zero-order valence-corrected chi connectivity index (χ0v) is 23.3. The number of nitrogens with one attached hydrogen (secondary N) is 1. The molecule has 1 aromatic carbocycles. The van der Waals surface area contributed by atoms with Gasteiger partial charge in [-0.15, -0.1) is 11.3 Å². The largest absolute Gasteiger partial charge is 0.496 e. The molecule has 4 heterocycles. The van der Waals surface area contributed by atoms with Crippen LogP contribution in [-0.2, 0) is 16.9 Å². The molecule has 2 unspecified atom stereocenters. The zero-order valence-electron chi connectivity index (χ0n) is 21.7. The molecule has 9 nitrogen and oxygen atoms in total. The summed E-state index contributed by atoms with van der Waals surface area (Å²) < 4.78 is 67.0. The van der Waals surface area contributed by atoms with E-state index in [1.165, 1.54) is 24.3 Å². The Hall–Kier alpha value is -2.94. The number of methoxy groups -OCH3 is 2. The van der Waals surface area contributed by atoms with Crippen molar-refractivity contribution < 1.29 is 36.9 Å². The molecule has 0 spiro atoms. The molecule has 40 heavy (non-hydrogen) atoms. The molecule has 0 bridgehead atoms. The van der Waals surface area contributed by atoms with Gasteiger partial charge in [0.1, 0.15) is 34.4 Å². The number of furan rings is 1. The summed E-state index contributed by atoms with van der Waals surface area (Å²) in [5, 5.41) is 13.5. The van der Waals surface area contributed by atoms with Gasteiger partial charge in [0.2, 0.25) is 5.60 Å². The predicted molar refractivity (Wildman–Crippen MR) is 143 cm³/mol. The number of hydrogen-bond acceptors (Lipinski definition) is 10. The van der Waals surface area contributed by atoms with Crippen molar-refractivity contribution in [3.63, 3.8) is 0 Å². The maximum atomic E-state index is 14.2. The number of rotatable bonds is 8. The van der Waals surface area contributed by atoms with Gasteiger partial charge in [-0.05, 0) is 30.7 Å². The lowest BCUT2D eigenvalue weighted by molar-refractivity contribution is -0.290. The maximum absolute atomic E-state index is 14.2. The third-order valence-corrected chi connectivity index (χ3v) is 9.31. The predicted octanol–water partition coefficient (Wildman–Crippen LogP) is 6.25. The summed E-state index contributed by atoms with van der Waals surface area (Å²) in [5.41, 5.74) is 1.32. The molecule has 214 valence electrons. The monoisotopic (exact) mass is 596 g/mol. The molecular formula is C26H27F3N4O5S2. The molecule has 0 amide bonds. The first-order valence-corrected chi connectivity index (χ1v) is 14.5. The van der Waals surface area contributed by atoms with E-state index in [1.54, 1.807) is 36.2 Å². The van der Waals surface area contributed by atoms with Crippen LogP contribution in [0.25, 0.3) is 22.4 Å². The van der Waals surface area contributed by atoms with Crippen LogP contribution in [0.1, 0.15) is 42.8 Å². The van der Waals surface area contributed by atoms with Crippen molar-refractivity contribution in [3.05, 3.63) is 40.5 Å². The third kappa shape index (κ3) is 4.80. The van der Waals surface area contributed by atoms with Gasteiger partial charge in [0, 0.05) is 30.5 Å². The van der Waals surface area contributed by atoms with Crippen molar-refractivity contribution in [2.45, 2.75) is 61.2 Å². The summed E-state index contributed by atoms with van der Waals surface area (Å²) in [6, 6.07) is 5.19. The second-order valence-electron chi connectivity index (χ2n) is 9.77. The molecule has 0 radical (unpaired) electrons. The highest BCUT2D eigenvalue weighted by atomic mass is 32.2. The summed E-state index contributed by atoms with van der Waals surface area (Å²) in [7, 11) is 3.12. The highest BCUT2D eigenvalue weighted by Gasteiger charge is 2.61. The van der Waals surface area contributed by atoms with Crippen LogP contribution in [0.3, 0.4) is 0 Å². The average Bonchev–Trinajstić information content (AvgIpc) is 3.73.